The Bertz CT molecular complexity index is 405. The molecule has 0 spiro atoms. The van der Waals surface area contributed by atoms with Crippen molar-refractivity contribution >= 4 is 11.6 Å². The van der Waals surface area contributed by atoms with Crippen LogP contribution in [0.1, 0.15) is 37.1 Å². The molecular weight excluding hydrogens is 218 g/mol. The third-order valence-corrected chi connectivity index (χ3v) is 2.90. The molecule has 0 saturated heterocycles. The molecule has 17 heavy (non-hydrogen) atoms. The van der Waals surface area contributed by atoms with Crippen molar-refractivity contribution in [2.45, 2.75) is 38.6 Å². The number of nitrogens with two attached hydrogens (primary N) is 1. The molecule has 0 amide bonds. The minimum atomic E-state index is -0.0405. The summed E-state index contributed by atoms with van der Waals surface area (Å²) in [6.07, 6.45) is 2.28. The average Bonchev–Trinajstić information content (AvgIpc) is 3.15. The van der Waals surface area contributed by atoms with Crippen molar-refractivity contribution in [3.8, 4) is 0 Å². The predicted octanol–water partition coefficient (Wildman–Crippen LogP) is 0.741. The lowest BCUT2D eigenvalue weighted by Crippen LogP contribution is -2.22. The van der Waals surface area contributed by atoms with Crippen LogP contribution in [0.2, 0.25) is 0 Å². The summed E-state index contributed by atoms with van der Waals surface area (Å²) in [5, 5.41) is 12.2. The number of aliphatic hydroxyl groups is 1. The Morgan fingerprint density at radius 2 is 2.06 bits per heavy atom. The Balaban J connectivity index is 2.30. The molecule has 1 heterocycles. The van der Waals surface area contributed by atoms with Crippen LogP contribution >= 0.6 is 0 Å². The minimum Gasteiger partial charge on any atom is -0.394 e. The molecule has 1 saturated carbocycles. The van der Waals surface area contributed by atoms with Gasteiger partial charge in [-0.3, -0.25) is 0 Å². The summed E-state index contributed by atoms with van der Waals surface area (Å²) in [6, 6.07) is -0.0405. The molecule has 2 rings (SSSR count). The summed E-state index contributed by atoms with van der Waals surface area (Å²) in [5.74, 6) is 8.14. The first-order chi connectivity index (χ1) is 8.15. The van der Waals surface area contributed by atoms with E-state index < -0.39 is 0 Å². The fraction of sp³-hybridized carbons (Fsp3) is 0.636. The lowest BCUT2D eigenvalue weighted by Gasteiger charge is -2.16. The highest BCUT2D eigenvalue weighted by atomic mass is 16.3. The molecule has 1 aromatic heterocycles. The van der Waals surface area contributed by atoms with Gasteiger partial charge in [-0.15, -0.1) is 0 Å². The molecule has 5 N–H and O–H groups in total. The number of hydrogen-bond acceptors (Lipinski definition) is 6. The van der Waals surface area contributed by atoms with Gasteiger partial charge in [-0.1, -0.05) is 0 Å². The summed E-state index contributed by atoms with van der Waals surface area (Å²) >= 11 is 0. The van der Waals surface area contributed by atoms with Crippen molar-refractivity contribution in [3.63, 3.8) is 0 Å². The average molecular weight is 237 g/mol. The molecule has 0 aromatic carbocycles. The molecule has 94 valence electrons. The van der Waals surface area contributed by atoms with Gasteiger partial charge in [0.25, 0.3) is 0 Å². The Morgan fingerprint density at radius 1 is 1.41 bits per heavy atom. The van der Waals surface area contributed by atoms with Crippen LogP contribution in [0.5, 0.6) is 0 Å². The maximum absolute atomic E-state index is 9.06. The monoisotopic (exact) mass is 237 g/mol. The van der Waals surface area contributed by atoms with Crippen LogP contribution in [0.3, 0.4) is 0 Å². The van der Waals surface area contributed by atoms with Crippen LogP contribution in [0.25, 0.3) is 0 Å². The molecule has 1 aromatic rings. The second-order valence-corrected chi connectivity index (χ2v) is 4.55. The van der Waals surface area contributed by atoms with Gasteiger partial charge in [-0.2, -0.15) is 0 Å². The Hall–Kier alpha value is -1.40. The molecule has 6 heteroatoms. The predicted molar refractivity (Wildman–Crippen MR) is 66.7 cm³/mol. The van der Waals surface area contributed by atoms with Crippen molar-refractivity contribution in [2.75, 3.05) is 17.3 Å². The summed E-state index contributed by atoms with van der Waals surface area (Å²) in [4.78, 5) is 8.90. The number of nitrogens with one attached hydrogen (secondary N) is 2. The van der Waals surface area contributed by atoms with Gasteiger partial charge in [0.15, 0.2) is 0 Å². The Labute approximate surface area is 101 Å². The maximum Gasteiger partial charge on any atom is 0.148 e. The second kappa shape index (κ2) is 4.85. The quantitative estimate of drug-likeness (QED) is 0.445. The number of hydrogen-bond donors (Lipinski definition) is 4. The molecule has 1 aliphatic rings. The van der Waals surface area contributed by atoms with Gasteiger partial charge in [-0.25, -0.2) is 15.8 Å². The third kappa shape index (κ3) is 2.65. The lowest BCUT2D eigenvalue weighted by atomic mass is 10.2. The van der Waals surface area contributed by atoms with Gasteiger partial charge in [0.1, 0.15) is 17.5 Å². The Kier molecular flexibility index (Phi) is 3.44. The number of aliphatic hydroxyl groups excluding tert-OH is 1. The van der Waals surface area contributed by atoms with Crippen LogP contribution in [0.15, 0.2) is 0 Å². The van der Waals surface area contributed by atoms with Crippen LogP contribution < -0.4 is 16.6 Å². The van der Waals surface area contributed by atoms with Crippen LogP contribution in [0.4, 0.5) is 11.6 Å². The van der Waals surface area contributed by atoms with E-state index in [2.05, 4.69) is 20.7 Å². The van der Waals surface area contributed by atoms with Crippen LogP contribution in [0, 0.1) is 6.92 Å². The van der Waals surface area contributed by atoms with Crippen molar-refractivity contribution in [1.82, 2.24) is 9.97 Å². The molecule has 0 radical (unpaired) electrons. The highest BCUT2D eigenvalue weighted by Gasteiger charge is 2.28. The van der Waals surface area contributed by atoms with Gasteiger partial charge in [-0.05, 0) is 26.7 Å². The maximum atomic E-state index is 9.06. The molecule has 1 aliphatic carbocycles. The highest BCUT2D eigenvalue weighted by molar-refractivity contribution is 5.57. The van der Waals surface area contributed by atoms with E-state index in [0.29, 0.717) is 11.7 Å². The van der Waals surface area contributed by atoms with Gasteiger partial charge in [0.05, 0.1) is 6.61 Å². The number of aromatic nitrogens is 2. The van der Waals surface area contributed by atoms with Gasteiger partial charge >= 0.3 is 0 Å². The van der Waals surface area contributed by atoms with E-state index in [4.69, 9.17) is 10.9 Å². The smallest absolute Gasteiger partial charge is 0.148 e. The lowest BCUT2D eigenvalue weighted by molar-refractivity contribution is 0.281. The zero-order valence-electron chi connectivity index (χ0n) is 10.2. The van der Waals surface area contributed by atoms with Crippen molar-refractivity contribution in [1.29, 1.82) is 0 Å². The number of rotatable bonds is 5. The van der Waals surface area contributed by atoms with Gasteiger partial charge in [0.2, 0.25) is 0 Å². The van der Waals surface area contributed by atoms with E-state index in [-0.39, 0.29) is 12.6 Å². The second-order valence-electron chi connectivity index (χ2n) is 4.55. The largest absolute Gasteiger partial charge is 0.394 e. The van der Waals surface area contributed by atoms with E-state index >= 15 is 0 Å². The molecule has 0 aliphatic heterocycles. The van der Waals surface area contributed by atoms with Crippen LogP contribution in [-0.2, 0) is 0 Å². The zero-order chi connectivity index (χ0) is 12.4. The number of nitrogen functional groups attached to an aromatic ring is 1. The zero-order valence-corrected chi connectivity index (χ0v) is 10.2. The van der Waals surface area contributed by atoms with Gasteiger partial charge in [0, 0.05) is 17.5 Å². The van der Waals surface area contributed by atoms with Gasteiger partial charge < -0.3 is 15.8 Å². The molecule has 1 atom stereocenters. The summed E-state index contributed by atoms with van der Waals surface area (Å²) < 4.78 is 0. The molecule has 1 unspecified atom stereocenters. The van der Waals surface area contributed by atoms with E-state index in [9.17, 15) is 0 Å². The first-order valence-corrected chi connectivity index (χ1v) is 5.88. The standard InChI is InChI=1S/C11H19N5O/c1-6(5-17)13-9-7(2)10(16-12)15-11(14-9)8-3-4-8/h6,8,17H,3-5,12H2,1-2H3,(H2,13,14,15,16). The van der Waals surface area contributed by atoms with Crippen molar-refractivity contribution in [2.24, 2.45) is 5.84 Å². The van der Waals surface area contributed by atoms with Crippen molar-refractivity contribution < 1.29 is 5.11 Å². The molecular formula is C11H19N5O. The van der Waals surface area contributed by atoms with Crippen molar-refractivity contribution in [3.05, 3.63) is 11.4 Å². The van der Waals surface area contributed by atoms with E-state index in [0.717, 1.165) is 30.0 Å². The topological polar surface area (TPSA) is 96.1 Å². The fourth-order valence-electron chi connectivity index (χ4n) is 1.62. The number of hydrazine groups is 1. The first-order valence-electron chi connectivity index (χ1n) is 5.88. The normalized spacial score (nSPS) is 16.7. The fourth-order valence-corrected chi connectivity index (χ4v) is 1.62. The summed E-state index contributed by atoms with van der Waals surface area (Å²) in [5.41, 5.74) is 3.47. The SMILES string of the molecule is Cc1c(NN)nc(C2CC2)nc1NC(C)CO. The highest BCUT2D eigenvalue weighted by Crippen LogP contribution is 2.39. The minimum absolute atomic E-state index is 0.0405. The number of nitrogens with zero attached hydrogens (tertiary/aromatic N) is 2. The van der Waals surface area contributed by atoms with E-state index in [1.807, 2.05) is 13.8 Å². The molecule has 6 nitrogen and oxygen atoms in total. The Morgan fingerprint density at radius 3 is 2.59 bits per heavy atom. The van der Waals surface area contributed by atoms with E-state index in [1.165, 1.54) is 0 Å². The first kappa shape index (κ1) is 12.1. The third-order valence-electron chi connectivity index (χ3n) is 2.90. The molecule has 0 bridgehead atoms. The number of anilines is 2. The summed E-state index contributed by atoms with van der Waals surface area (Å²) in [6.45, 7) is 3.86. The van der Waals surface area contributed by atoms with Crippen LogP contribution in [-0.4, -0.2) is 27.7 Å². The molecule has 1 fully saturated rings. The summed E-state index contributed by atoms with van der Waals surface area (Å²) in [7, 11) is 0. The van der Waals surface area contributed by atoms with E-state index in [1.54, 1.807) is 0 Å².